The molecule has 0 radical (unpaired) electrons. The number of nitrogens with zero attached hydrogens (tertiary/aromatic N) is 2. The van der Waals surface area contributed by atoms with Crippen LogP contribution in [-0.4, -0.2) is 15.3 Å². The molecule has 5 heteroatoms. The van der Waals surface area contributed by atoms with Gasteiger partial charge in [-0.1, -0.05) is 42.5 Å². The van der Waals surface area contributed by atoms with Gasteiger partial charge in [0.15, 0.2) is 5.82 Å². The van der Waals surface area contributed by atoms with Crippen LogP contribution < -0.4 is 5.32 Å². The molecule has 0 atom stereocenters. The number of carbonyl (C=O) groups is 1. The average molecular weight is 307 g/mol. The largest absolute Gasteiger partial charge is 0.308 e. The highest BCUT2D eigenvalue weighted by molar-refractivity contribution is 7.16. The Hall–Kier alpha value is -2.66. The Morgan fingerprint density at radius 3 is 2.95 bits per heavy atom. The number of carbonyl (C=O) groups excluding carboxylic acids is 1. The lowest BCUT2D eigenvalue weighted by molar-refractivity contribution is -0.115. The lowest BCUT2D eigenvalue weighted by atomic mass is 10.1. The highest BCUT2D eigenvalue weighted by Crippen LogP contribution is 2.21. The zero-order valence-corrected chi connectivity index (χ0v) is 12.5. The van der Waals surface area contributed by atoms with E-state index in [1.165, 1.54) is 5.39 Å². The van der Waals surface area contributed by atoms with E-state index >= 15 is 0 Å². The van der Waals surface area contributed by atoms with Gasteiger partial charge in [0.05, 0.1) is 6.42 Å². The molecule has 0 saturated carbocycles. The van der Waals surface area contributed by atoms with E-state index in [9.17, 15) is 4.79 Å². The predicted molar refractivity (Wildman–Crippen MR) is 89.4 cm³/mol. The second-order valence-corrected chi connectivity index (χ2v) is 6.01. The van der Waals surface area contributed by atoms with Gasteiger partial charge in [-0.25, -0.2) is 4.98 Å². The molecule has 0 aliphatic heterocycles. The van der Waals surface area contributed by atoms with Crippen molar-refractivity contribution in [3.63, 3.8) is 0 Å². The number of nitrogens with one attached hydrogen (secondary N) is 1. The molecular weight excluding hydrogens is 294 g/mol. The molecule has 0 unspecified atom stereocenters. The number of amides is 1. The van der Waals surface area contributed by atoms with E-state index in [-0.39, 0.29) is 5.91 Å². The van der Waals surface area contributed by atoms with Gasteiger partial charge in [0.2, 0.25) is 5.91 Å². The maximum atomic E-state index is 12.2. The standard InChI is InChI=1S/C17H13N3OS/c21-15(19-16-17-20(11-18-16)7-8-22-17)10-12-5-6-13-3-1-2-4-14(13)9-12/h1-9,11H,10H2,(H,19,21). The summed E-state index contributed by atoms with van der Waals surface area (Å²) in [4.78, 5) is 17.4. The molecule has 22 heavy (non-hydrogen) atoms. The molecular formula is C17H13N3OS. The summed E-state index contributed by atoms with van der Waals surface area (Å²) in [6.45, 7) is 0. The molecule has 2 aromatic heterocycles. The quantitative estimate of drug-likeness (QED) is 0.627. The van der Waals surface area contributed by atoms with Gasteiger partial charge in [-0.15, -0.1) is 11.3 Å². The van der Waals surface area contributed by atoms with E-state index in [1.807, 2.05) is 40.2 Å². The fourth-order valence-electron chi connectivity index (χ4n) is 2.53. The van der Waals surface area contributed by atoms with E-state index in [1.54, 1.807) is 17.7 Å². The Balaban J connectivity index is 1.54. The molecule has 1 N–H and O–H groups in total. The van der Waals surface area contributed by atoms with Crippen molar-refractivity contribution in [3.8, 4) is 0 Å². The van der Waals surface area contributed by atoms with Crippen LogP contribution in [0.1, 0.15) is 5.56 Å². The molecule has 2 heterocycles. The van der Waals surface area contributed by atoms with Gasteiger partial charge >= 0.3 is 0 Å². The summed E-state index contributed by atoms with van der Waals surface area (Å²) < 4.78 is 1.90. The number of imidazole rings is 1. The van der Waals surface area contributed by atoms with Crippen LogP contribution in [0.15, 0.2) is 60.4 Å². The topological polar surface area (TPSA) is 46.4 Å². The van der Waals surface area contributed by atoms with Crippen LogP contribution in [0, 0.1) is 0 Å². The van der Waals surface area contributed by atoms with Gasteiger partial charge in [0, 0.05) is 11.6 Å². The molecule has 0 spiro atoms. The van der Waals surface area contributed by atoms with Gasteiger partial charge < -0.3 is 5.32 Å². The SMILES string of the molecule is O=C(Cc1ccc2ccccc2c1)Nc1ncn2ccsc12. The number of hydrogen-bond donors (Lipinski definition) is 1. The van der Waals surface area contributed by atoms with Crippen molar-refractivity contribution < 1.29 is 4.79 Å². The number of hydrogen-bond acceptors (Lipinski definition) is 3. The van der Waals surface area contributed by atoms with Gasteiger partial charge in [-0.2, -0.15) is 0 Å². The summed E-state index contributed by atoms with van der Waals surface area (Å²) in [6.07, 6.45) is 3.97. The second-order valence-electron chi connectivity index (χ2n) is 5.12. The van der Waals surface area contributed by atoms with Crippen molar-refractivity contribution in [1.29, 1.82) is 0 Å². The summed E-state index contributed by atoms with van der Waals surface area (Å²) in [5, 5.41) is 7.19. The Morgan fingerprint density at radius 1 is 1.18 bits per heavy atom. The van der Waals surface area contributed by atoms with Crippen molar-refractivity contribution in [3.05, 3.63) is 65.9 Å². The highest BCUT2D eigenvalue weighted by Gasteiger charge is 2.10. The minimum absolute atomic E-state index is 0.0516. The highest BCUT2D eigenvalue weighted by atomic mass is 32.1. The third-order valence-corrected chi connectivity index (χ3v) is 4.47. The monoisotopic (exact) mass is 307 g/mol. The van der Waals surface area contributed by atoms with Gasteiger partial charge in [0.1, 0.15) is 11.2 Å². The van der Waals surface area contributed by atoms with E-state index in [0.29, 0.717) is 12.2 Å². The van der Waals surface area contributed by atoms with Crippen molar-refractivity contribution in [2.75, 3.05) is 5.32 Å². The number of anilines is 1. The summed E-state index contributed by atoms with van der Waals surface area (Å²) in [5.41, 5.74) is 0.998. The first-order valence-corrected chi connectivity index (χ1v) is 7.85. The van der Waals surface area contributed by atoms with Crippen LogP contribution in [0.3, 0.4) is 0 Å². The fraction of sp³-hybridized carbons (Fsp3) is 0.0588. The van der Waals surface area contributed by atoms with E-state index in [4.69, 9.17) is 0 Å². The maximum Gasteiger partial charge on any atom is 0.230 e. The molecule has 4 aromatic rings. The molecule has 0 aliphatic carbocycles. The number of rotatable bonds is 3. The molecule has 108 valence electrons. The summed E-state index contributed by atoms with van der Waals surface area (Å²) in [7, 11) is 0. The van der Waals surface area contributed by atoms with E-state index in [2.05, 4.69) is 28.5 Å². The summed E-state index contributed by atoms with van der Waals surface area (Å²) >= 11 is 1.56. The Morgan fingerprint density at radius 2 is 2.05 bits per heavy atom. The average Bonchev–Trinajstić information content (AvgIpc) is 3.12. The zero-order chi connectivity index (χ0) is 14.9. The van der Waals surface area contributed by atoms with Crippen molar-refractivity contribution >= 4 is 38.7 Å². The number of thiazole rings is 1. The van der Waals surface area contributed by atoms with Crippen LogP contribution in [-0.2, 0) is 11.2 Å². The summed E-state index contributed by atoms with van der Waals surface area (Å²) in [5.74, 6) is 0.574. The lowest BCUT2D eigenvalue weighted by Gasteiger charge is -2.04. The van der Waals surface area contributed by atoms with E-state index < -0.39 is 0 Å². The first-order valence-electron chi connectivity index (χ1n) is 6.97. The maximum absolute atomic E-state index is 12.2. The fourth-order valence-corrected chi connectivity index (χ4v) is 3.30. The molecule has 1 amide bonds. The van der Waals surface area contributed by atoms with Crippen LogP contribution >= 0.6 is 11.3 Å². The van der Waals surface area contributed by atoms with Crippen LogP contribution in [0.2, 0.25) is 0 Å². The third kappa shape index (κ3) is 2.35. The Bertz CT molecular complexity index is 970. The van der Waals surface area contributed by atoms with Gasteiger partial charge in [-0.3, -0.25) is 9.20 Å². The molecule has 0 aliphatic rings. The smallest absolute Gasteiger partial charge is 0.230 e. The molecule has 0 fully saturated rings. The minimum Gasteiger partial charge on any atom is -0.308 e. The van der Waals surface area contributed by atoms with Crippen molar-refractivity contribution in [1.82, 2.24) is 9.38 Å². The Kier molecular flexibility index (Phi) is 3.12. The molecule has 0 saturated heterocycles. The minimum atomic E-state index is -0.0516. The Labute approximate surface area is 131 Å². The van der Waals surface area contributed by atoms with Gasteiger partial charge in [0.25, 0.3) is 0 Å². The molecule has 4 rings (SSSR count). The third-order valence-electron chi connectivity index (χ3n) is 3.59. The van der Waals surface area contributed by atoms with Crippen molar-refractivity contribution in [2.45, 2.75) is 6.42 Å². The van der Waals surface area contributed by atoms with Crippen LogP contribution in [0.5, 0.6) is 0 Å². The number of aromatic nitrogens is 2. The van der Waals surface area contributed by atoms with Crippen LogP contribution in [0.4, 0.5) is 5.82 Å². The summed E-state index contributed by atoms with van der Waals surface area (Å²) in [6, 6.07) is 14.2. The first-order chi connectivity index (χ1) is 10.8. The van der Waals surface area contributed by atoms with Crippen LogP contribution in [0.25, 0.3) is 15.6 Å². The second kappa shape index (κ2) is 5.27. The van der Waals surface area contributed by atoms with E-state index in [0.717, 1.165) is 15.8 Å². The lowest BCUT2D eigenvalue weighted by Crippen LogP contribution is -2.14. The normalized spacial score (nSPS) is 11.1. The predicted octanol–water partition coefficient (Wildman–Crippen LogP) is 3.73. The molecule has 2 aromatic carbocycles. The first kappa shape index (κ1) is 13.0. The van der Waals surface area contributed by atoms with Crippen molar-refractivity contribution in [2.24, 2.45) is 0 Å². The number of benzene rings is 2. The molecule has 0 bridgehead atoms. The van der Waals surface area contributed by atoms with Gasteiger partial charge in [-0.05, 0) is 16.3 Å². The number of fused-ring (bicyclic) bond motifs is 2. The zero-order valence-electron chi connectivity index (χ0n) is 11.7. The molecule has 4 nitrogen and oxygen atoms in total.